The van der Waals surface area contributed by atoms with Gasteiger partial charge in [-0.15, -0.1) is 0 Å². The van der Waals surface area contributed by atoms with Gasteiger partial charge in [-0.05, 0) is 49.1 Å². The van der Waals surface area contributed by atoms with E-state index in [-0.39, 0.29) is 5.91 Å². The molecule has 0 N–H and O–H groups in total. The minimum absolute atomic E-state index is 0.134. The van der Waals surface area contributed by atoms with Gasteiger partial charge in [0.25, 0.3) is 0 Å². The number of hydrogen-bond donors (Lipinski definition) is 0. The van der Waals surface area contributed by atoms with E-state index in [2.05, 4.69) is 4.98 Å². The SMILES string of the molecule is COc1ccc(OC)c(CC(=O)N2CCC(Cc3ccccn3)C2)c1. The summed E-state index contributed by atoms with van der Waals surface area (Å²) in [6, 6.07) is 11.5. The van der Waals surface area contributed by atoms with Crippen molar-refractivity contribution in [1.29, 1.82) is 0 Å². The fourth-order valence-electron chi connectivity index (χ4n) is 3.34. The van der Waals surface area contributed by atoms with Gasteiger partial charge in [0, 0.05) is 30.5 Å². The van der Waals surface area contributed by atoms with Crippen LogP contribution in [0.25, 0.3) is 0 Å². The molecule has 1 aromatic heterocycles. The molecule has 1 aromatic carbocycles. The van der Waals surface area contributed by atoms with Gasteiger partial charge in [-0.25, -0.2) is 0 Å². The first kappa shape index (κ1) is 17.3. The summed E-state index contributed by atoms with van der Waals surface area (Å²) in [6.45, 7) is 1.60. The third-order valence-electron chi connectivity index (χ3n) is 4.69. The van der Waals surface area contributed by atoms with E-state index in [0.29, 0.717) is 12.3 Å². The zero-order chi connectivity index (χ0) is 17.6. The maximum Gasteiger partial charge on any atom is 0.227 e. The van der Waals surface area contributed by atoms with E-state index in [1.165, 1.54) is 0 Å². The zero-order valence-corrected chi connectivity index (χ0v) is 14.8. The van der Waals surface area contributed by atoms with Crippen LogP contribution >= 0.6 is 0 Å². The van der Waals surface area contributed by atoms with Crippen LogP contribution in [0, 0.1) is 5.92 Å². The number of methoxy groups -OCH3 is 2. The summed E-state index contributed by atoms with van der Waals surface area (Å²) in [6.07, 6.45) is 4.10. The van der Waals surface area contributed by atoms with E-state index in [0.717, 1.165) is 48.7 Å². The van der Waals surface area contributed by atoms with Crippen LogP contribution in [-0.4, -0.2) is 43.1 Å². The second-order valence-corrected chi connectivity index (χ2v) is 6.37. The lowest BCUT2D eigenvalue weighted by molar-refractivity contribution is -0.129. The Labute approximate surface area is 148 Å². The van der Waals surface area contributed by atoms with E-state index >= 15 is 0 Å². The molecule has 3 rings (SSSR count). The molecule has 1 fully saturated rings. The minimum Gasteiger partial charge on any atom is -0.497 e. The number of nitrogens with zero attached hydrogens (tertiary/aromatic N) is 2. The summed E-state index contributed by atoms with van der Waals surface area (Å²) in [7, 11) is 3.24. The molecule has 5 heteroatoms. The number of benzene rings is 1. The summed E-state index contributed by atoms with van der Waals surface area (Å²) in [5.41, 5.74) is 1.95. The molecule has 0 saturated carbocycles. The molecule has 1 saturated heterocycles. The third kappa shape index (κ3) is 4.29. The van der Waals surface area contributed by atoms with Gasteiger partial charge in [0.05, 0.1) is 20.6 Å². The molecule has 2 aromatic rings. The van der Waals surface area contributed by atoms with Crippen molar-refractivity contribution in [3.05, 3.63) is 53.9 Å². The highest BCUT2D eigenvalue weighted by Crippen LogP contribution is 2.26. The molecule has 0 spiro atoms. The summed E-state index contributed by atoms with van der Waals surface area (Å²) in [5.74, 6) is 2.07. The maximum absolute atomic E-state index is 12.7. The number of carbonyl (C=O) groups excluding carboxylic acids is 1. The largest absolute Gasteiger partial charge is 0.497 e. The van der Waals surface area contributed by atoms with Crippen molar-refractivity contribution < 1.29 is 14.3 Å². The lowest BCUT2D eigenvalue weighted by Crippen LogP contribution is -2.30. The first-order valence-corrected chi connectivity index (χ1v) is 8.58. The highest BCUT2D eigenvalue weighted by molar-refractivity contribution is 5.80. The Morgan fingerprint density at radius 1 is 1.24 bits per heavy atom. The standard InChI is InChI=1S/C20H24N2O3/c1-24-18-6-7-19(25-2)16(12-18)13-20(23)22-10-8-15(14-22)11-17-5-3-4-9-21-17/h3-7,9,12,15H,8,10-11,13-14H2,1-2H3. The number of amides is 1. The van der Waals surface area contributed by atoms with Gasteiger partial charge in [-0.1, -0.05) is 6.07 Å². The summed E-state index contributed by atoms with van der Waals surface area (Å²) < 4.78 is 10.6. The van der Waals surface area contributed by atoms with Gasteiger partial charge in [-0.3, -0.25) is 9.78 Å². The van der Waals surface area contributed by atoms with Crippen molar-refractivity contribution in [2.24, 2.45) is 5.92 Å². The molecule has 0 aliphatic carbocycles. The Balaban J connectivity index is 1.61. The van der Waals surface area contributed by atoms with E-state index in [4.69, 9.17) is 9.47 Å². The number of rotatable bonds is 6. The minimum atomic E-state index is 0.134. The van der Waals surface area contributed by atoms with Crippen molar-refractivity contribution in [2.45, 2.75) is 19.3 Å². The maximum atomic E-state index is 12.7. The van der Waals surface area contributed by atoms with E-state index < -0.39 is 0 Å². The van der Waals surface area contributed by atoms with Gasteiger partial charge >= 0.3 is 0 Å². The average molecular weight is 340 g/mol. The van der Waals surface area contributed by atoms with Crippen LogP contribution in [0.2, 0.25) is 0 Å². The molecular formula is C20H24N2O3. The Bertz CT molecular complexity index is 718. The number of pyridine rings is 1. The highest BCUT2D eigenvalue weighted by atomic mass is 16.5. The Morgan fingerprint density at radius 2 is 2.12 bits per heavy atom. The van der Waals surface area contributed by atoms with E-state index in [1.807, 2.05) is 47.5 Å². The summed E-state index contributed by atoms with van der Waals surface area (Å²) in [5, 5.41) is 0. The normalized spacial score (nSPS) is 16.7. The molecule has 1 aliphatic rings. The van der Waals surface area contributed by atoms with Crippen LogP contribution in [0.5, 0.6) is 11.5 Å². The van der Waals surface area contributed by atoms with Crippen molar-refractivity contribution in [3.63, 3.8) is 0 Å². The number of aromatic nitrogens is 1. The molecule has 1 amide bonds. The third-order valence-corrected chi connectivity index (χ3v) is 4.69. The molecule has 132 valence electrons. The van der Waals surface area contributed by atoms with Crippen LogP contribution in [0.3, 0.4) is 0 Å². The Hall–Kier alpha value is -2.56. The predicted molar refractivity (Wildman–Crippen MR) is 95.9 cm³/mol. The van der Waals surface area contributed by atoms with Crippen LogP contribution in [0.4, 0.5) is 0 Å². The van der Waals surface area contributed by atoms with Crippen molar-refractivity contribution in [2.75, 3.05) is 27.3 Å². The van der Waals surface area contributed by atoms with Gasteiger partial charge in [0.2, 0.25) is 5.91 Å². The quantitative estimate of drug-likeness (QED) is 0.811. The molecule has 5 nitrogen and oxygen atoms in total. The zero-order valence-electron chi connectivity index (χ0n) is 14.8. The fraction of sp³-hybridized carbons (Fsp3) is 0.400. The number of hydrogen-bond acceptors (Lipinski definition) is 4. The summed E-state index contributed by atoms with van der Waals surface area (Å²) in [4.78, 5) is 19.0. The topological polar surface area (TPSA) is 51.7 Å². The molecule has 1 unspecified atom stereocenters. The van der Waals surface area contributed by atoms with Crippen molar-refractivity contribution in [1.82, 2.24) is 9.88 Å². The average Bonchev–Trinajstić information content (AvgIpc) is 3.11. The van der Waals surface area contributed by atoms with Crippen molar-refractivity contribution in [3.8, 4) is 11.5 Å². The molecule has 25 heavy (non-hydrogen) atoms. The van der Waals surface area contributed by atoms with Gasteiger partial charge < -0.3 is 14.4 Å². The van der Waals surface area contributed by atoms with Gasteiger partial charge in [0.15, 0.2) is 0 Å². The Morgan fingerprint density at radius 3 is 2.84 bits per heavy atom. The first-order chi connectivity index (χ1) is 12.2. The second kappa shape index (κ2) is 8.01. The van der Waals surface area contributed by atoms with Crippen LogP contribution in [0.1, 0.15) is 17.7 Å². The van der Waals surface area contributed by atoms with E-state index in [9.17, 15) is 4.79 Å². The molecule has 0 bridgehead atoms. The van der Waals surface area contributed by atoms with Crippen molar-refractivity contribution >= 4 is 5.91 Å². The smallest absolute Gasteiger partial charge is 0.227 e. The molecule has 1 aliphatic heterocycles. The number of ether oxygens (including phenoxy) is 2. The molecule has 2 heterocycles. The van der Waals surface area contributed by atoms with E-state index in [1.54, 1.807) is 14.2 Å². The summed E-state index contributed by atoms with van der Waals surface area (Å²) >= 11 is 0. The lowest BCUT2D eigenvalue weighted by Gasteiger charge is -2.18. The molecule has 1 atom stereocenters. The van der Waals surface area contributed by atoms with Gasteiger partial charge in [-0.2, -0.15) is 0 Å². The van der Waals surface area contributed by atoms with Crippen LogP contribution in [0.15, 0.2) is 42.6 Å². The van der Waals surface area contributed by atoms with Crippen LogP contribution < -0.4 is 9.47 Å². The van der Waals surface area contributed by atoms with Crippen LogP contribution in [-0.2, 0) is 17.6 Å². The number of likely N-dealkylation sites (tertiary alicyclic amines) is 1. The Kier molecular flexibility index (Phi) is 5.53. The molecular weight excluding hydrogens is 316 g/mol. The first-order valence-electron chi connectivity index (χ1n) is 8.58. The monoisotopic (exact) mass is 340 g/mol. The predicted octanol–water partition coefficient (Wildman–Crippen LogP) is 2.73. The second-order valence-electron chi connectivity index (χ2n) is 6.37. The highest BCUT2D eigenvalue weighted by Gasteiger charge is 2.27. The fourth-order valence-corrected chi connectivity index (χ4v) is 3.34. The molecule has 0 radical (unpaired) electrons. The van der Waals surface area contributed by atoms with Gasteiger partial charge in [0.1, 0.15) is 11.5 Å². The lowest BCUT2D eigenvalue weighted by atomic mass is 10.0. The number of carbonyl (C=O) groups is 1.